The highest BCUT2D eigenvalue weighted by molar-refractivity contribution is 5.94. The monoisotopic (exact) mass is 414 g/mol. The zero-order valence-electron chi connectivity index (χ0n) is 16.6. The van der Waals surface area contributed by atoms with Crippen molar-refractivity contribution in [3.63, 3.8) is 0 Å². The van der Waals surface area contributed by atoms with E-state index in [9.17, 15) is 29.4 Å². The van der Waals surface area contributed by atoms with E-state index in [0.717, 1.165) is 13.0 Å². The van der Waals surface area contributed by atoms with Gasteiger partial charge in [0, 0.05) is 6.54 Å². The molecule has 0 aromatic rings. The summed E-state index contributed by atoms with van der Waals surface area (Å²) >= 11 is 0. The Hall–Kier alpha value is -2.24. The molecule has 164 valence electrons. The van der Waals surface area contributed by atoms with Gasteiger partial charge in [-0.25, -0.2) is 4.79 Å². The number of carbonyl (C=O) groups is 4. The minimum absolute atomic E-state index is 0.154. The van der Waals surface area contributed by atoms with Crippen molar-refractivity contribution in [1.29, 1.82) is 0 Å². The predicted molar refractivity (Wildman–Crippen MR) is 101 cm³/mol. The lowest BCUT2D eigenvalue weighted by atomic mass is 10.1. The maximum absolute atomic E-state index is 12.8. The number of aliphatic carboxylic acids is 1. The van der Waals surface area contributed by atoms with Crippen LogP contribution in [-0.2, 0) is 19.2 Å². The van der Waals surface area contributed by atoms with Gasteiger partial charge in [0.2, 0.25) is 17.7 Å². The third-order valence-corrected chi connectivity index (χ3v) is 5.31. The van der Waals surface area contributed by atoms with Gasteiger partial charge in [-0.2, -0.15) is 0 Å². The third-order valence-electron chi connectivity index (χ3n) is 5.31. The van der Waals surface area contributed by atoms with Gasteiger partial charge in [0.25, 0.3) is 0 Å². The highest BCUT2D eigenvalue weighted by Crippen LogP contribution is 2.21. The first kappa shape index (κ1) is 23.0. The predicted octanol–water partition coefficient (Wildman–Crippen LogP) is -2.45. The van der Waals surface area contributed by atoms with Crippen molar-refractivity contribution < 1.29 is 34.5 Å². The van der Waals surface area contributed by atoms with E-state index in [1.807, 2.05) is 0 Å². The Balaban J connectivity index is 2.05. The van der Waals surface area contributed by atoms with Crippen LogP contribution in [0.25, 0.3) is 0 Å². The second kappa shape index (κ2) is 9.99. The molecule has 0 saturated carbocycles. The number of likely N-dealkylation sites (tertiary alicyclic amines) is 1. The molecule has 2 rings (SSSR count). The zero-order chi connectivity index (χ0) is 21.7. The Morgan fingerprint density at radius 2 is 1.66 bits per heavy atom. The second-order valence-electron chi connectivity index (χ2n) is 7.63. The van der Waals surface area contributed by atoms with E-state index < -0.39 is 48.1 Å². The van der Waals surface area contributed by atoms with E-state index in [4.69, 9.17) is 5.11 Å². The first-order valence-electron chi connectivity index (χ1n) is 9.87. The topological polar surface area (TPSA) is 168 Å². The van der Waals surface area contributed by atoms with Crippen LogP contribution in [0.2, 0.25) is 0 Å². The number of hydrogen-bond acceptors (Lipinski definition) is 7. The summed E-state index contributed by atoms with van der Waals surface area (Å²) in [5.41, 5.74) is 0. The summed E-state index contributed by atoms with van der Waals surface area (Å²) in [4.78, 5) is 50.5. The standard InChI is InChI=1S/C18H30N4O7/c1-9(23)13(16(26)21-14(10(2)24)18(28)29)20-15(25)12-6-4-8-22(12)17(27)11-5-3-7-19-11/h9-14,19,23-24H,3-8H2,1-2H3,(H,20,25)(H,21,26)(H,28,29). The number of carbonyl (C=O) groups excluding carboxylic acids is 3. The van der Waals surface area contributed by atoms with Gasteiger partial charge in [0.1, 0.15) is 12.1 Å². The molecular weight excluding hydrogens is 384 g/mol. The molecule has 3 amide bonds. The molecule has 0 spiro atoms. The number of aliphatic hydroxyl groups excluding tert-OH is 2. The van der Waals surface area contributed by atoms with Crippen molar-refractivity contribution >= 4 is 23.7 Å². The van der Waals surface area contributed by atoms with Crippen LogP contribution in [0.3, 0.4) is 0 Å². The Bertz CT molecular complexity index is 634. The molecule has 2 aliphatic rings. The van der Waals surface area contributed by atoms with Crippen molar-refractivity contribution in [3.8, 4) is 0 Å². The van der Waals surface area contributed by atoms with Crippen molar-refractivity contribution in [1.82, 2.24) is 20.9 Å². The number of rotatable bonds is 8. The molecule has 6 unspecified atom stereocenters. The molecular formula is C18H30N4O7. The fourth-order valence-corrected chi connectivity index (χ4v) is 3.68. The summed E-state index contributed by atoms with van der Waals surface area (Å²) in [6.07, 6.45) is -0.0136. The summed E-state index contributed by atoms with van der Waals surface area (Å²) < 4.78 is 0. The van der Waals surface area contributed by atoms with Crippen LogP contribution in [0.5, 0.6) is 0 Å². The molecule has 11 heteroatoms. The maximum atomic E-state index is 12.8. The molecule has 0 aromatic carbocycles. The minimum Gasteiger partial charge on any atom is -0.480 e. The lowest BCUT2D eigenvalue weighted by molar-refractivity contribution is -0.146. The van der Waals surface area contributed by atoms with Crippen LogP contribution in [0, 0.1) is 0 Å². The number of carboxylic acids is 1. The minimum atomic E-state index is -1.58. The average molecular weight is 414 g/mol. The molecule has 0 aliphatic carbocycles. The van der Waals surface area contributed by atoms with Gasteiger partial charge < -0.3 is 36.2 Å². The molecule has 2 aliphatic heterocycles. The fraction of sp³-hybridized carbons (Fsp3) is 0.778. The zero-order valence-corrected chi connectivity index (χ0v) is 16.6. The van der Waals surface area contributed by atoms with Gasteiger partial charge in [0.05, 0.1) is 18.2 Å². The molecule has 11 nitrogen and oxygen atoms in total. The molecule has 6 atom stereocenters. The summed E-state index contributed by atoms with van der Waals surface area (Å²) in [5.74, 6) is -3.12. The van der Waals surface area contributed by atoms with Gasteiger partial charge in [-0.1, -0.05) is 0 Å². The maximum Gasteiger partial charge on any atom is 0.328 e. The van der Waals surface area contributed by atoms with E-state index in [-0.39, 0.29) is 11.9 Å². The van der Waals surface area contributed by atoms with E-state index in [1.165, 1.54) is 18.7 Å². The summed E-state index contributed by atoms with van der Waals surface area (Å²) in [6.45, 7) is 3.67. The van der Waals surface area contributed by atoms with E-state index in [0.29, 0.717) is 25.8 Å². The highest BCUT2D eigenvalue weighted by Gasteiger charge is 2.40. The quantitative estimate of drug-likeness (QED) is 0.254. The lowest BCUT2D eigenvalue weighted by Crippen LogP contribution is -2.60. The Kier molecular flexibility index (Phi) is 7.94. The Morgan fingerprint density at radius 3 is 2.17 bits per heavy atom. The molecule has 0 radical (unpaired) electrons. The van der Waals surface area contributed by atoms with Gasteiger partial charge in [0.15, 0.2) is 6.04 Å². The van der Waals surface area contributed by atoms with Crippen LogP contribution in [0.15, 0.2) is 0 Å². The average Bonchev–Trinajstić information content (AvgIpc) is 3.34. The molecule has 2 saturated heterocycles. The fourth-order valence-electron chi connectivity index (χ4n) is 3.68. The van der Waals surface area contributed by atoms with Crippen LogP contribution in [0.4, 0.5) is 0 Å². The Labute approximate surface area is 168 Å². The molecule has 6 N–H and O–H groups in total. The lowest BCUT2D eigenvalue weighted by Gasteiger charge is -2.29. The summed E-state index contributed by atoms with van der Waals surface area (Å²) in [5, 5.41) is 36.2. The molecule has 29 heavy (non-hydrogen) atoms. The van der Waals surface area contributed by atoms with Crippen molar-refractivity contribution in [2.24, 2.45) is 0 Å². The molecule has 2 fully saturated rings. The number of hydrogen-bond donors (Lipinski definition) is 6. The number of nitrogens with zero attached hydrogens (tertiary/aromatic N) is 1. The first-order chi connectivity index (χ1) is 13.6. The summed E-state index contributed by atoms with van der Waals surface area (Å²) in [7, 11) is 0. The van der Waals surface area contributed by atoms with Crippen LogP contribution in [0.1, 0.15) is 39.5 Å². The van der Waals surface area contributed by atoms with Crippen LogP contribution in [-0.4, -0.2) is 93.4 Å². The van der Waals surface area contributed by atoms with Crippen LogP contribution < -0.4 is 16.0 Å². The highest BCUT2D eigenvalue weighted by atomic mass is 16.4. The number of amides is 3. The molecule has 0 bridgehead atoms. The van der Waals surface area contributed by atoms with Crippen molar-refractivity contribution in [2.75, 3.05) is 13.1 Å². The van der Waals surface area contributed by atoms with Crippen molar-refractivity contribution in [3.05, 3.63) is 0 Å². The molecule has 0 aromatic heterocycles. The van der Waals surface area contributed by atoms with Crippen LogP contribution >= 0.6 is 0 Å². The smallest absolute Gasteiger partial charge is 0.328 e. The van der Waals surface area contributed by atoms with Crippen molar-refractivity contribution in [2.45, 2.75) is 75.9 Å². The number of aliphatic hydroxyl groups is 2. The van der Waals surface area contributed by atoms with E-state index in [1.54, 1.807) is 0 Å². The van der Waals surface area contributed by atoms with Gasteiger partial charge in [-0.3, -0.25) is 14.4 Å². The van der Waals surface area contributed by atoms with E-state index >= 15 is 0 Å². The number of nitrogens with one attached hydrogen (secondary N) is 3. The first-order valence-corrected chi connectivity index (χ1v) is 9.87. The third kappa shape index (κ3) is 5.64. The molecule has 2 heterocycles. The van der Waals surface area contributed by atoms with E-state index in [2.05, 4.69) is 16.0 Å². The van der Waals surface area contributed by atoms with Gasteiger partial charge >= 0.3 is 5.97 Å². The normalized spacial score (nSPS) is 25.7. The summed E-state index contributed by atoms with van der Waals surface area (Å²) in [6, 6.07) is -4.09. The second-order valence-corrected chi connectivity index (χ2v) is 7.63. The Morgan fingerprint density at radius 1 is 1.00 bits per heavy atom. The number of carboxylic acid groups (broad SMARTS) is 1. The SMILES string of the molecule is CC(O)C(NC(=O)C(NC(=O)C1CCCN1C(=O)C1CCCN1)C(C)O)C(=O)O. The van der Waals surface area contributed by atoms with Gasteiger partial charge in [-0.15, -0.1) is 0 Å². The largest absolute Gasteiger partial charge is 0.480 e. The van der Waals surface area contributed by atoms with Gasteiger partial charge in [-0.05, 0) is 46.1 Å².